The maximum absolute atomic E-state index is 11.6. The molecular weight excluding hydrogens is 396 g/mol. The quantitative estimate of drug-likeness (QED) is 0.180. The van der Waals surface area contributed by atoms with E-state index in [2.05, 4.69) is 6.92 Å². The van der Waals surface area contributed by atoms with Crippen molar-refractivity contribution >= 4 is 11.9 Å². The number of aliphatic carboxylic acids is 1. The van der Waals surface area contributed by atoms with Gasteiger partial charge in [0.1, 0.15) is 13.2 Å². The summed E-state index contributed by atoms with van der Waals surface area (Å²) in [4.78, 5) is 21.8. The van der Waals surface area contributed by atoms with Gasteiger partial charge in [-0.3, -0.25) is 4.79 Å². The molecule has 0 radical (unpaired) electrons. The maximum Gasteiger partial charge on any atom is 0.329 e. The maximum atomic E-state index is 11.6. The lowest BCUT2D eigenvalue weighted by molar-refractivity contribution is -0.145. The van der Waals surface area contributed by atoms with Gasteiger partial charge < -0.3 is 33.5 Å². The molecule has 0 aliphatic carbocycles. The van der Waals surface area contributed by atoms with Crippen molar-refractivity contribution in [3.8, 4) is 0 Å². The van der Waals surface area contributed by atoms with Crippen molar-refractivity contribution in [2.75, 3.05) is 72.7 Å². The summed E-state index contributed by atoms with van der Waals surface area (Å²) in [6, 6.07) is 0. The van der Waals surface area contributed by atoms with Gasteiger partial charge in [0, 0.05) is 6.42 Å². The number of esters is 1. The van der Waals surface area contributed by atoms with Crippen molar-refractivity contribution in [1.82, 2.24) is 0 Å². The highest BCUT2D eigenvalue weighted by atomic mass is 16.6. The van der Waals surface area contributed by atoms with Crippen LogP contribution in [-0.4, -0.2) is 89.7 Å². The predicted molar refractivity (Wildman–Crippen MR) is 111 cm³/mol. The summed E-state index contributed by atoms with van der Waals surface area (Å²) >= 11 is 0. The highest BCUT2D eigenvalue weighted by molar-refractivity contribution is 5.69. The van der Waals surface area contributed by atoms with Gasteiger partial charge in [0.2, 0.25) is 0 Å². The van der Waals surface area contributed by atoms with Gasteiger partial charge in [0.05, 0.1) is 59.5 Å². The van der Waals surface area contributed by atoms with Crippen LogP contribution in [0.3, 0.4) is 0 Å². The normalized spacial score (nSPS) is 11.0. The van der Waals surface area contributed by atoms with Crippen molar-refractivity contribution in [3.05, 3.63) is 0 Å². The average Bonchev–Trinajstić information content (AvgIpc) is 2.72. The Labute approximate surface area is 180 Å². The summed E-state index contributed by atoms with van der Waals surface area (Å²) in [6.07, 6.45) is 7.40. The topological polar surface area (TPSA) is 110 Å². The van der Waals surface area contributed by atoms with Crippen molar-refractivity contribution in [3.63, 3.8) is 0 Å². The van der Waals surface area contributed by atoms with E-state index in [1.54, 1.807) is 0 Å². The molecule has 30 heavy (non-hydrogen) atoms. The molecule has 0 fully saturated rings. The Balaban J connectivity index is 3.12. The van der Waals surface area contributed by atoms with Gasteiger partial charge in [-0.15, -0.1) is 0 Å². The molecule has 0 bridgehead atoms. The van der Waals surface area contributed by atoms with Crippen LogP contribution in [0.4, 0.5) is 0 Å². The predicted octanol–water partition coefficient (Wildman–Crippen LogP) is 2.45. The van der Waals surface area contributed by atoms with Gasteiger partial charge in [-0.25, -0.2) is 4.79 Å². The van der Waals surface area contributed by atoms with Crippen LogP contribution in [-0.2, 0) is 38.0 Å². The van der Waals surface area contributed by atoms with Crippen LogP contribution in [0.5, 0.6) is 0 Å². The van der Waals surface area contributed by atoms with Crippen LogP contribution in [0.1, 0.15) is 51.9 Å². The fraction of sp³-hybridized carbons (Fsp3) is 0.905. The third kappa shape index (κ3) is 24.8. The molecule has 0 aliphatic rings. The van der Waals surface area contributed by atoms with Gasteiger partial charge in [-0.05, 0) is 6.42 Å². The monoisotopic (exact) mass is 436 g/mol. The molecule has 1 N–H and O–H groups in total. The SMILES string of the molecule is CCCCCCCCC(=O)OCCOCCOCCOCCOCCOCC(=O)O. The van der Waals surface area contributed by atoms with Crippen LogP contribution >= 0.6 is 0 Å². The van der Waals surface area contributed by atoms with E-state index in [0.29, 0.717) is 59.3 Å². The Hall–Kier alpha value is -1.26. The van der Waals surface area contributed by atoms with Crippen molar-refractivity contribution in [2.45, 2.75) is 51.9 Å². The lowest BCUT2D eigenvalue weighted by atomic mass is 10.1. The molecule has 0 saturated heterocycles. The van der Waals surface area contributed by atoms with E-state index in [-0.39, 0.29) is 25.8 Å². The molecule has 0 aromatic heterocycles. The largest absolute Gasteiger partial charge is 0.480 e. The first-order chi connectivity index (χ1) is 14.7. The van der Waals surface area contributed by atoms with E-state index in [0.717, 1.165) is 12.8 Å². The summed E-state index contributed by atoms with van der Waals surface area (Å²) in [6.45, 7) is 5.74. The Morgan fingerprint density at radius 3 is 1.53 bits per heavy atom. The van der Waals surface area contributed by atoms with Crippen LogP contribution < -0.4 is 0 Å². The number of unbranched alkanes of at least 4 members (excludes halogenated alkanes) is 5. The van der Waals surface area contributed by atoms with Crippen LogP contribution in [0.15, 0.2) is 0 Å². The zero-order valence-corrected chi connectivity index (χ0v) is 18.4. The van der Waals surface area contributed by atoms with Gasteiger partial charge in [-0.2, -0.15) is 0 Å². The first-order valence-corrected chi connectivity index (χ1v) is 10.9. The average molecular weight is 437 g/mol. The van der Waals surface area contributed by atoms with Crippen molar-refractivity contribution in [1.29, 1.82) is 0 Å². The van der Waals surface area contributed by atoms with Gasteiger partial charge >= 0.3 is 11.9 Å². The minimum Gasteiger partial charge on any atom is -0.480 e. The number of hydrogen-bond acceptors (Lipinski definition) is 8. The molecule has 0 amide bonds. The zero-order chi connectivity index (χ0) is 22.1. The van der Waals surface area contributed by atoms with Crippen molar-refractivity contribution < 1.29 is 43.1 Å². The molecule has 0 spiro atoms. The van der Waals surface area contributed by atoms with E-state index in [9.17, 15) is 9.59 Å². The molecule has 0 rings (SSSR count). The summed E-state index contributed by atoms with van der Waals surface area (Å²) in [5, 5.41) is 8.38. The molecular formula is C21H40O9. The van der Waals surface area contributed by atoms with Gasteiger partial charge in [0.25, 0.3) is 0 Å². The van der Waals surface area contributed by atoms with E-state index >= 15 is 0 Å². The second kappa shape index (κ2) is 24.0. The summed E-state index contributed by atoms with van der Waals surface area (Å²) in [7, 11) is 0. The number of carbonyl (C=O) groups is 2. The fourth-order valence-corrected chi connectivity index (χ4v) is 2.38. The lowest BCUT2D eigenvalue weighted by Gasteiger charge is -2.08. The fourth-order valence-electron chi connectivity index (χ4n) is 2.38. The van der Waals surface area contributed by atoms with Crippen molar-refractivity contribution in [2.24, 2.45) is 0 Å². The lowest BCUT2D eigenvalue weighted by Crippen LogP contribution is -2.15. The second-order valence-corrected chi connectivity index (χ2v) is 6.63. The summed E-state index contributed by atoms with van der Waals surface area (Å²) in [5.41, 5.74) is 0. The number of carboxylic acids is 1. The number of hydrogen-bond donors (Lipinski definition) is 1. The Bertz CT molecular complexity index is 391. The highest BCUT2D eigenvalue weighted by Gasteiger charge is 2.02. The third-order valence-corrected chi connectivity index (χ3v) is 3.94. The second-order valence-electron chi connectivity index (χ2n) is 6.63. The first kappa shape index (κ1) is 28.7. The van der Waals surface area contributed by atoms with E-state index in [1.165, 1.54) is 25.7 Å². The van der Waals surface area contributed by atoms with E-state index in [1.807, 2.05) is 0 Å². The van der Waals surface area contributed by atoms with E-state index < -0.39 is 5.97 Å². The summed E-state index contributed by atoms with van der Waals surface area (Å²) < 4.78 is 31.2. The molecule has 0 atom stereocenters. The van der Waals surface area contributed by atoms with Gasteiger partial charge in [0.15, 0.2) is 0 Å². The Morgan fingerprint density at radius 2 is 1.03 bits per heavy atom. The van der Waals surface area contributed by atoms with Crippen LogP contribution in [0.25, 0.3) is 0 Å². The minimum absolute atomic E-state index is 0.153. The molecule has 0 aromatic rings. The number of carboxylic acid groups (broad SMARTS) is 1. The Kier molecular flexibility index (Phi) is 23.0. The number of rotatable bonds is 24. The number of ether oxygens (including phenoxy) is 6. The van der Waals surface area contributed by atoms with E-state index in [4.69, 9.17) is 33.5 Å². The zero-order valence-electron chi connectivity index (χ0n) is 18.4. The summed E-state index contributed by atoms with van der Waals surface area (Å²) in [5.74, 6) is -1.15. The Morgan fingerprint density at radius 1 is 0.600 bits per heavy atom. The molecule has 0 aliphatic heterocycles. The first-order valence-electron chi connectivity index (χ1n) is 10.9. The highest BCUT2D eigenvalue weighted by Crippen LogP contribution is 2.07. The minimum atomic E-state index is -0.994. The van der Waals surface area contributed by atoms with Crippen LogP contribution in [0.2, 0.25) is 0 Å². The smallest absolute Gasteiger partial charge is 0.329 e. The van der Waals surface area contributed by atoms with Crippen LogP contribution in [0, 0.1) is 0 Å². The third-order valence-electron chi connectivity index (χ3n) is 3.94. The molecule has 9 heteroatoms. The standard InChI is InChI=1S/C21H40O9/c1-2-3-4-5-6-7-8-21(24)30-18-17-28-14-13-26-10-9-25-11-12-27-15-16-29-19-20(22)23/h2-19H2,1H3,(H,22,23). The molecule has 9 nitrogen and oxygen atoms in total. The number of carbonyl (C=O) groups excluding carboxylic acids is 1. The molecule has 0 unspecified atom stereocenters. The molecule has 0 saturated carbocycles. The molecule has 0 aromatic carbocycles. The molecule has 178 valence electrons. The van der Waals surface area contributed by atoms with Gasteiger partial charge in [-0.1, -0.05) is 39.0 Å². The molecule has 0 heterocycles.